The number of Topliss-reactive ketones (excluding diaryl/α,β-unsaturated/α-hetero) is 1. The average molecular weight is 441 g/mol. The molecule has 32 heavy (non-hydrogen) atoms. The lowest BCUT2D eigenvalue weighted by Gasteiger charge is -2.26. The molecule has 1 aliphatic heterocycles. The molecule has 1 aliphatic rings. The quantitative estimate of drug-likeness (QED) is 0.293. The SMILES string of the molecule is CCOC(=O)c1[nH]c(C)c(/C(O)=C2\C(=O)C(=O)N(CCN(C)C)C2c2ccncc2)c1C. The first-order valence-electron chi connectivity index (χ1n) is 10.4. The van der Waals surface area contributed by atoms with Gasteiger partial charge in [-0.1, -0.05) is 0 Å². The van der Waals surface area contributed by atoms with Crippen molar-refractivity contribution in [3.8, 4) is 0 Å². The third-order valence-electron chi connectivity index (χ3n) is 5.50. The third-order valence-corrected chi connectivity index (χ3v) is 5.50. The van der Waals surface area contributed by atoms with Crippen LogP contribution in [0.2, 0.25) is 0 Å². The molecule has 1 amide bonds. The van der Waals surface area contributed by atoms with Crippen molar-refractivity contribution >= 4 is 23.4 Å². The van der Waals surface area contributed by atoms with Crippen molar-refractivity contribution in [3.05, 3.63) is 58.2 Å². The Labute approximate surface area is 186 Å². The van der Waals surface area contributed by atoms with Crippen LogP contribution in [-0.4, -0.2) is 76.3 Å². The number of aromatic amines is 1. The van der Waals surface area contributed by atoms with Gasteiger partial charge in [-0.3, -0.25) is 14.6 Å². The van der Waals surface area contributed by atoms with E-state index < -0.39 is 23.7 Å². The topological polar surface area (TPSA) is 116 Å². The fourth-order valence-electron chi connectivity index (χ4n) is 3.96. The average Bonchev–Trinajstić information content (AvgIpc) is 3.19. The number of aliphatic hydroxyl groups is 1. The zero-order valence-electron chi connectivity index (χ0n) is 18.9. The summed E-state index contributed by atoms with van der Waals surface area (Å²) < 4.78 is 5.07. The Morgan fingerprint density at radius 2 is 1.91 bits per heavy atom. The van der Waals surface area contributed by atoms with Crippen LogP contribution in [0.1, 0.15) is 45.8 Å². The van der Waals surface area contributed by atoms with E-state index in [4.69, 9.17) is 4.74 Å². The van der Waals surface area contributed by atoms with E-state index in [1.807, 2.05) is 19.0 Å². The number of ketones is 1. The highest BCUT2D eigenvalue weighted by Gasteiger charge is 2.46. The van der Waals surface area contributed by atoms with E-state index in [2.05, 4.69) is 9.97 Å². The van der Waals surface area contributed by atoms with Crippen LogP contribution in [0, 0.1) is 13.8 Å². The van der Waals surface area contributed by atoms with Gasteiger partial charge < -0.3 is 24.6 Å². The molecule has 3 rings (SSSR count). The minimum atomic E-state index is -0.766. The molecule has 1 unspecified atom stereocenters. The molecule has 0 saturated carbocycles. The maximum Gasteiger partial charge on any atom is 0.355 e. The van der Waals surface area contributed by atoms with Gasteiger partial charge >= 0.3 is 5.97 Å². The van der Waals surface area contributed by atoms with Gasteiger partial charge in [-0.25, -0.2) is 4.79 Å². The molecular formula is C23H28N4O5. The first-order valence-corrected chi connectivity index (χ1v) is 10.4. The molecule has 2 N–H and O–H groups in total. The highest BCUT2D eigenvalue weighted by Crippen LogP contribution is 2.40. The molecule has 0 bridgehead atoms. The summed E-state index contributed by atoms with van der Waals surface area (Å²) in [5, 5.41) is 11.3. The number of nitrogens with zero attached hydrogens (tertiary/aromatic N) is 3. The van der Waals surface area contributed by atoms with E-state index in [-0.39, 0.29) is 23.6 Å². The number of hydrogen-bond acceptors (Lipinski definition) is 7. The number of likely N-dealkylation sites (N-methyl/N-ethyl adjacent to an activating group) is 1. The second kappa shape index (κ2) is 9.35. The number of hydrogen-bond donors (Lipinski definition) is 2. The van der Waals surface area contributed by atoms with Crippen molar-refractivity contribution in [2.75, 3.05) is 33.8 Å². The van der Waals surface area contributed by atoms with Gasteiger partial charge in [0.15, 0.2) is 0 Å². The second-order valence-corrected chi connectivity index (χ2v) is 7.92. The monoisotopic (exact) mass is 440 g/mol. The van der Waals surface area contributed by atoms with Crippen molar-refractivity contribution < 1.29 is 24.2 Å². The number of aromatic nitrogens is 2. The van der Waals surface area contributed by atoms with Crippen LogP contribution in [0.15, 0.2) is 30.1 Å². The summed E-state index contributed by atoms with van der Waals surface area (Å²) in [5.74, 6) is -2.31. The summed E-state index contributed by atoms with van der Waals surface area (Å²) in [4.78, 5) is 48.6. The largest absolute Gasteiger partial charge is 0.507 e. The number of carbonyl (C=O) groups excluding carboxylic acids is 3. The van der Waals surface area contributed by atoms with E-state index in [1.54, 1.807) is 45.3 Å². The molecule has 1 saturated heterocycles. The van der Waals surface area contributed by atoms with E-state index in [1.165, 1.54) is 4.90 Å². The smallest absolute Gasteiger partial charge is 0.355 e. The Morgan fingerprint density at radius 3 is 2.50 bits per heavy atom. The number of esters is 1. The van der Waals surface area contributed by atoms with Crippen LogP contribution >= 0.6 is 0 Å². The number of ether oxygens (including phenoxy) is 1. The molecule has 9 heteroatoms. The van der Waals surface area contributed by atoms with E-state index in [0.29, 0.717) is 35.5 Å². The minimum absolute atomic E-state index is 0.0134. The van der Waals surface area contributed by atoms with Crippen molar-refractivity contribution in [3.63, 3.8) is 0 Å². The molecule has 0 spiro atoms. The Hall–Kier alpha value is -3.46. The van der Waals surface area contributed by atoms with Gasteiger partial charge in [0.1, 0.15) is 11.5 Å². The van der Waals surface area contributed by atoms with Gasteiger partial charge in [-0.2, -0.15) is 0 Å². The molecule has 1 fully saturated rings. The van der Waals surface area contributed by atoms with Crippen molar-refractivity contribution in [2.45, 2.75) is 26.8 Å². The van der Waals surface area contributed by atoms with Crippen molar-refractivity contribution in [1.29, 1.82) is 0 Å². The number of nitrogens with one attached hydrogen (secondary N) is 1. The van der Waals surface area contributed by atoms with E-state index >= 15 is 0 Å². The molecule has 170 valence electrons. The van der Waals surface area contributed by atoms with Crippen LogP contribution in [0.4, 0.5) is 0 Å². The number of carbonyl (C=O) groups is 3. The zero-order valence-corrected chi connectivity index (χ0v) is 18.9. The summed E-state index contributed by atoms with van der Waals surface area (Å²) in [6.07, 6.45) is 3.15. The number of aryl methyl sites for hydroxylation is 1. The number of pyridine rings is 1. The maximum absolute atomic E-state index is 13.1. The van der Waals surface area contributed by atoms with Crippen LogP contribution in [0.3, 0.4) is 0 Å². The number of H-pyrrole nitrogens is 1. The second-order valence-electron chi connectivity index (χ2n) is 7.92. The Morgan fingerprint density at radius 1 is 1.25 bits per heavy atom. The number of aliphatic hydroxyl groups excluding tert-OH is 1. The molecular weight excluding hydrogens is 412 g/mol. The van der Waals surface area contributed by atoms with E-state index in [9.17, 15) is 19.5 Å². The molecule has 1 atom stereocenters. The molecule has 3 heterocycles. The predicted molar refractivity (Wildman–Crippen MR) is 118 cm³/mol. The van der Waals surface area contributed by atoms with E-state index in [0.717, 1.165) is 0 Å². The zero-order chi connectivity index (χ0) is 23.6. The maximum atomic E-state index is 13.1. The lowest BCUT2D eigenvalue weighted by atomic mass is 9.94. The highest BCUT2D eigenvalue weighted by molar-refractivity contribution is 6.46. The summed E-state index contributed by atoms with van der Waals surface area (Å²) in [7, 11) is 3.75. The van der Waals surface area contributed by atoms with Crippen LogP contribution in [0.25, 0.3) is 5.76 Å². The summed E-state index contributed by atoms with van der Waals surface area (Å²) in [6, 6.07) is 2.67. The minimum Gasteiger partial charge on any atom is -0.507 e. The lowest BCUT2D eigenvalue weighted by molar-refractivity contribution is -0.140. The van der Waals surface area contributed by atoms with Gasteiger partial charge in [0.05, 0.1) is 18.2 Å². The van der Waals surface area contributed by atoms with Crippen molar-refractivity contribution in [2.24, 2.45) is 0 Å². The molecule has 2 aromatic rings. The predicted octanol–water partition coefficient (Wildman–Crippen LogP) is 2.19. The first kappa shape index (κ1) is 23.2. The van der Waals surface area contributed by atoms with Crippen LogP contribution in [0.5, 0.6) is 0 Å². The first-order chi connectivity index (χ1) is 15.2. The van der Waals surface area contributed by atoms with Gasteiger partial charge in [0, 0.05) is 36.7 Å². The summed E-state index contributed by atoms with van der Waals surface area (Å²) in [5.41, 5.74) is 2.12. The Balaban J connectivity index is 2.18. The normalized spacial score (nSPS) is 17.9. The lowest BCUT2D eigenvalue weighted by Crippen LogP contribution is -2.35. The van der Waals surface area contributed by atoms with Crippen LogP contribution in [-0.2, 0) is 14.3 Å². The fourth-order valence-corrected chi connectivity index (χ4v) is 3.96. The fraction of sp³-hybridized carbons (Fsp3) is 0.391. The van der Waals surface area contributed by atoms with Gasteiger partial charge in [-0.15, -0.1) is 0 Å². The van der Waals surface area contributed by atoms with Gasteiger partial charge in [0.2, 0.25) is 0 Å². The molecule has 0 radical (unpaired) electrons. The molecule has 9 nitrogen and oxygen atoms in total. The van der Waals surface area contributed by atoms with Gasteiger partial charge in [0.25, 0.3) is 11.7 Å². The highest BCUT2D eigenvalue weighted by atomic mass is 16.5. The molecule has 2 aromatic heterocycles. The van der Waals surface area contributed by atoms with Crippen molar-refractivity contribution in [1.82, 2.24) is 19.8 Å². The molecule has 0 aromatic carbocycles. The van der Waals surface area contributed by atoms with Crippen LogP contribution < -0.4 is 0 Å². The molecule has 0 aliphatic carbocycles. The number of rotatable bonds is 7. The summed E-state index contributed by atoms with van der Waals surface area (Å²) in [6.45, 7) is 6.11. The number of likely N-dealkylation sites (tertiary alicyclic amines) is 1. The third kappa shape index (κ3) is 4.16. The standard InChI is InChI=1S/C23H28N4O5/c1-6-32-23(31)18-13(2)16(14(3)25-18)20(28)17-19(15-7-9-24-10-8-15)27(12-11-26(4)5)22(30)21(17)29/h7-10,19,25,28H,6,11-12H2,1-5H3/b20-17+. The number of amides is 1. The summed E-state index contributed by atoms with van der Waals surface area (Å²) >= 11 is 0. The Kier molecular flexibility index (Phi) is 6.78. The van der Waals surface area contributed by atoms with Gasteiger partial charge in [-0.05, 0) is 58.1 Å². The Bertz CT molecular complexity index is 1070.